The quantitative estimate of drug-likeness (QED) is 0.514. The fourth-order valence-corrected chi connectivity index (χ4v) is 3.37. The Morgan fingerprint density at radius 1 is 0.667 bits per heavy atom. The second kappa shape index (κ2) is 7.79. The van der Waals surface area contributed by atoms with Gasteiger partial charge in [-0.3, -0.25) is 0 Å². The second-order valence-electron chi connectivity index (χ2n) is 7.65. The molecule has 0 atom stereocenters. The van der Waals surface area contributed by atoms with Crippen molar-refractivity contribution in [1.82, 2.24) is 0 Å². The minimum absolute atomic E-state index is 0.886. The molecule has 3 rings (SSSR count). The summed E-state index contributed by atoms with van der Waals surface area (Å²) in [5, 5.41) is 0. The molecule has 0 amide bonds. The molecule has 0 radical (unpaired) electrons. The van der Waals surface area contributed by atoms with Crippen molar-refractivity contribution < 1.29 is 9.31 Å². The van der Waals surface area contributed by atoms with Crippen molar-refractivity contribution in [3.63, 3.8) is 0 Å². The molecule has 2 aromatic carbocycles. The van der Waals surface area contributed by atoms with E-state index in [2.05, 4.69) is 88.5 Å². The highest BCUT2D eigenvalue weighted by Gasteiger charge is 2.16. The van der Waals surface area contributed by atoms with Crippen LogP contribution >= 0.6 is 0 Å². The van der Waals surface area contributed by atoms with Crippen LogP contribution in [0.1, 0.15) is 33.4 Å². The molecule has 2 nitrogen and oxygen atoms in total. The fraction of sp³-hybridized carbons (Fsp3) is 0.240. The number of hydrogen-bond acceptors (Lipinski definition) is 1. The molecule has 2 aromatic rings. The topological polar surface area (TPSA) is 12.2 Å². The Hall–Kier alpha value is -2.87. The molecule has 0 spiro atoms. The Bertz CT molecular complexity index is 889. The maximum Gasteiger partial charge on any atom is 0.163 e. The van der Waals surface area contributed by atoms with Gasteiger partial charge in [0.05, 0.1) is 0 Å². The molecule has 1 heterocycles. The van der Waals surface area contributed by atoms with Gasteiger partial charge in [-0.15, -0.1) is 0 Å². The summed E-state index contributed by atoms with van der Waals surface area (Å²) in [6.07, 6.45) is 8.40. The van der Waals surface area contributed by atoms with E-state index in [1.165, 1.54) is 22.3 Å². The van der Waals surface area contributed by atoms with Gasteiger partial charge < -0.3 is 4.74 Å². The molecular formula is C25H28NO+. The van der Waals surface area contributed by atoms with E-state index in [-0.39, 0.29) is 0 Å². The van der Waals surface area contributed by atoms with E-state index in [9.17, 15) is 0 Å². The zero-order chi connectivity index (χ0) is 19.6. The Kier molecular flexibility index (Phi) is 5.46. The van der Waals surface area contributed by atoms with Crippen LogP contribution in [0.15, 0.2) is 60.2 Å². The zero-order valence-electron chi connectivity index (χ0n) is 17.1. The fourth-order valence-electron chi connectivity index (χ4n) is 3.37. The summed E-state index contributed by atoms with van der Waals surface area (Å²) in [5.74, 6) is 1.77. The van der Waals surface area contributed by atoms with E-state index in [0.29, 0.717) is 0 Å². The molecule has 0 saturated heterocycles. The summed E-state index contributed by atoms with van der Waals surface area (Å²) in [4.78, 5) is 0. The number of benzene rings is 2. The van der Waals surface area contributed by atoms with Gasteiger partial charge in [0.1, 0.15) is 25.6 Å². The highest BCUT2D eigenvalue weighted by Crippen LogP contribution is 2.33. The van der Waals surface area contributed by atoms with Crippen LogP contribution in [-0.2, 0) is 4.74 Å². The van der Waals surface area contributed by atoms with Crippen LogP contribution in [0, 0.1) is 27.7 Å². The van der Waals surface area contributed by atoms with Gasteiger partial charge in [0, 0.05) is 17.2 Å². The van der Waals surface area contributed by atoms with Gasteiger partial charge in [-0.05, 0) is 69.7 Å². The van der Waals surface area contributed by atoms with Crippen molar-refractivity contribution in [2.45, 2.75) is 27.7 Å². The summed E-state index contributed by atoms with van der Waals surface area (Å²) >= 11 is 0. The first-order valence-corrected chi connectivity index (χ1v) is 9.30. The minimum Gasteiger partial charge on any atom is -0.456 e. The average Bonchev–Trinajstić information content (AvgIpc) is 2.58. The van der Waals surface area contributed by atoms with Crippen LogP contribution < -0.4 is 0 Å². The lowest BCUT2D eigenvalue weighted by Gasteiger charge is -2.20. The molecule has 0 unspecified atom stereocenters. The third kappa shape index (κ3) is 4.85. The molecule has 0 fully saturated rings. The molecule has 1 aliphatic heterocycles. The lowest BCUT2D eigenvalue weighted by atomic mass is 10.00. The van der Waals surface area contributed by atoms with Crippen LogP contribution in [0.25, 0.3) is 11.5 Å². The Morgan fingerprint density at radius 2 is 1.07 bits per heavy atom. The van der Waals surface area contributed by atoms with Gasteiger partial charge in [-0.2, -0.15) is 0 Å². The summed E-state index contributed by atoms with van der Waals surface area (Å²) in [6, 6.07) is 13.1. The molecule has 0 aromatic heterocycles. The van der Waals surface area contributed by atoms with Crippen molar-refractivity contribution in [3.05, 3.63) is 93.6 Å². The van der Waals surface area contributed by atoms with Gasteiger partial charge >= 0.3 is 0 Å². The summed E-state index contributed by atoms with van der Waals surface area (Å²) in [7, 11) is 4.05. The average molecular weight is 359 g/mol. The molecule has 138 valence electrons. The Balaban J connectivity index is 2.10. The smallest absolute Gasteiger partial charge is 0.163 e. The van der Waals surface area contributed by atoms with Crippen molar-refractivity contribution in [2.75, 3.05) is 14.1 Å². The van der Waals surface area contributed by atoms with E-state index >= 15 is 0 Å². The molecular weight excluding hydrogens is 330 g/mol. The minimum atomic E-state index is 0.886. The highest BCUT2D eigenvalue weighted by molar-refractivity contribution is 5.81. The van der Waals surface area contributed by atoms with E-state index in [1.54, 1.807) is 0 Å². The molecule has 2 heteroatoms. The Labute approximate surface area is 162 Å². The van der Waals surface area contributed by atoms with Crippen LogP contribution in [-0.4, -0.2) is 24.9 Å². The van der Waals surface area contributed by atoms with E-state index in [0.717, 1.165) is 28.2 Å². The van der Waals surface area contributed by atoms with Crippen molar-refractivity contribution in [1.29, 1.82) is 0 Å². The number of nitrogens with zero attached hydrogens (tertiary/aromatic N) is 1. The standard InChI is InChI=1S/C25H28NO/c1-17-9-18(2)12-22(11-17)24-15-21(7-8-26(5)6)16-25(27-24)23-13-19(3)10-20(4)14-23/h7-16H,1-6H3/q+1. The second-order valence-corrected chi connectivity index (χ2v) is 7.65. The van der Waals surface area contributed by atoms with Gasteiger partial charge in [-0.1, -0.05) is 34.4 Å². The molecule has 27 heavy (non-hydrogen) atoms. The lowest BCUT2D eigenvalue weighted by molar-refractivity contribution is -0.458. The predicted molar refractivity (Wildman–Crippen MR) is 115 cm³/mol. The molecule has 1 aliphatic rings. The van der Waals surface area contributed by atoms with Crippen LogP contribution in [0.5, 0.6) is 0 Å². The summed E-state index contributed by atoms with van der Waals surface area (Å²) in [6.45, 7) is 8.49. The molecule has 0 aliphatic carbocycles. The molecule has 0 saturated carbocycles. The van der Waals surface area contributed by atoms with Crippen molar-refractivity contribution in [2.24, 2.45) is 0 Å². The normalized spacial score (nSPS) is 13.5. The van der Waals surface area contributed by atoms with Crippen molar-refractivity contribution >= 4 is 17.7 Å². The third-order valence-electron chi connectivity index (χ3n) is 4.39. The van der Waals surface area contributed by atoms with Gasteiger partial charge in [-0.25, -0.2) is 4.58 Å². The van der Waals surface area contributed by atoms with Crippen molar-refractivity contribution in [3.8, 4) is 0 Å². The number of ether oxygens (including phenoxy) is 1. The first-order valence-electron chi connectivity index (χ1n) is 9.30. The van der Waals surface area contributed by atoms with Crippen LogP contribution in [0.3, 0.4) is 0 Å². The largest absolute Gasteiger partial charge is 0.456 e. The monoisotopic (exact) mass is 358 g/mol. The van der Waals surface area contributed by atoms with Gasteiger partial charge in [0.15, 0.2) is 6.21 Å². The SMILES string of the molecule is Cc1cc(C)cc(C2=CC(=CC=[N+](C)C)C=C(c3cc(C)cc(C)c3)O2)c1. The number of hydrogen-bond donors (Lipinski definition) is 0. The van der Waals surface area contributed by atoms with E-state index < -0.39 is 0 Å². The number of aryl methyl sites for hydroxylation is 4. The third-order valence-corrected chi connectivity index (χ3v) is 4.39. The number of allylic oxidation sites excluding steroid dienone is 4. The van der Waals surface area contributed by atoms with E-state index in [1.807, 2.05) is 18.7 Å². The maximum absolute atomic E-state index is 6.37. The van der Waals surface area contributed by atoms with Gasteiger partial charge in [0.2, 0.25) is 0 Å². The summed E-state index contributed by atoms with van der Waals surface area (Å²) < 4.78 is 8.41. The summed E-state index contributed by atoms with van der Waals surface area (Å²) in [5.41, 5.74) is 8.30. The van der Waals surface area contributed by atoms with E-state index in [4.69, 9.17) is 4.74 Å². The molecule has 0 N–H and O–H groups in total. The van der Waals surface area contributed by atoms with Gasteiger partial charge in [0.25, 0.3) is 0 Å². The maximum atomic E-state index is 6.37. The zero-order valence-corrected chi connectivity index (χ0v) is 17.1. The lowest BCUT2D eigenvalue weighted by Crippen LogP contribution is -2.02. The van der Waals surface area contributed by atoms with Crippen LogP contribution in [0.2, 0.25) is 0 Å². The number of rotatable bonds is 3. The first-order chi connectivity index (χ1) is 12.8. The highest BCUT2D eigenvalue weighted by atomic mass is 16.5. The van der Waals surface area contributed by atoms with Crippen LogP contribution in [0.4, 0.5) is 0 Å². The predicted octanol–water partition coefficient (Wildman–Crippen LogP) is 5.60. The first kappa shape index (κ1) is 18.9. The molecule has 0 bridgehead atoms. The Morgan fingerprint density at radius 3 is 1.44 bits per heavy atom.